The highest BCUT2D eigenvalue weighted by Gasteiger charge is 2.20. The average Bonchev–Trinajstić information content (AvgIpc) is 2.14. The third-order valence-electron chi connectivity index (χ3n) is 2.98. The summed E-state index contributed by atoms with van der Waals surface area (Å²) in [5.41, 5.74) is 8.95. The summed E-state index contributed by atoms with van der Waals surface area (Å²) in [4.78, 5) is 4.14. The fraction of sp³-hybridized carbons (Fsp3) is 0.615. The van der Waals surface area contributed by atoms with Gasteiger partial charge in [-0.25, -0.2) is 0 Å². The lowest BCUT2D eigenvalue weighted by molar-refractivity contribution is 0.306. The lowest BCUT2D eigenvalue weighted by atomic mass is 9.84. The Labute approximate surface area is 92.9 Å². The smallest absolute Gasteiger partial charge is 0.0302 e. The molecule has 1 atom stereocenters. The number of nitrogens with two attached hydrogens (primary N) is 1. The first-order valence-electron chi connectivity index (χ1n) is 5.56. The number of hydrogen-bond acceptors (Lipinski definition) is 2. The van der Waals surface area contributed by atoms with Crippen LogP contribution in [-0.4, -0.2) is 11.0 Å². The van der Waals surface area contributed by atoms with Crippen LogP contribution in [0.25, 0.3) is 0 Å². The molecule has 1 rings (SSSR count). The molecule has 1 aromatic rings. The highest BCUT2D eigenvalue weighted by molar-refractivity contribution is 5.21. The Hall–Kier alpha value is -0.890. The number of aryl methyl sites for hydroxylation is 2. The van der Waals surface area contributed by atoms with Gasteiger partial charge in [0, 0.05) is 18.4 Å². The molecule has 0 fully saturated rings. The first-order chi connectivity index (χ1) is 6.91. The first kappa shape index (κ1) is 12.2. The molecule has 2 heteroatoms. The van der Waals surface area contributed by atoms with E-state index in [2.05, 4.69) is 38.7 Å². The van der Waals surface area contributed by atoms with Crippen molar-refractivity contribution in [3.63, 3.8) is 0 Å². The average molecular weight is 206 g/mol. The van der Waals surface area contributed by atoms with Crippen molar-refractivity contribution in [3.05, 3.63) is 29.6 Å². The van der Waals surface area contributed by atoms with E-state index in [1.54, 1.807) is 0 Å². The third kappa shape index (κ3) is 3.63. The molecule has 0 saturated heterocycles. The van der Waals surface area contributed by atoms with Crippen LogP contribution in [0.4, 0.5) is 0 Å². The fourth-order valence-corrected chi connectivity index (χ4v) is 1.50. The molecule has 0 aliphatic rings. The van der Waals surface area contributed by atoms with Crippen molar-refractivity contribution in [2.75, 3.05) is 0 Å². The molecule has 0 aliphatic heterocycles. The monoisotopic (exact) mass is 206 g/mol. The zero-order chi connectivity index (χ0) is 11.5. The molecule has 0 spiro atoms. The van der Waals surface area contributed by atoms with Gasteiger partial charge in [-0.1, -0.05) is 20.8 Å². The van der Waals surface area contributed by atoms with Crippen molar-refractivity contribution in [3.8, 4) is 0 Å². The van der Waals surface area contributed by atoms with Gasteiger partial charge in [0.15, 0.2) is 0 Å². The van der Waals surface area contributed by atoms with Crippen molar-refractivity contribution in [2.24, 2.45) is 11.1 Å². The second kappa shape index (κ2) is 4.75. The standard InChI is InChI=1S/C13H22N2/c1-10-7-8-15-9-11(10)5-6-12(14)13(2,3)4/h7-9,12H,5-6,14H2,1-4H3. The Morgan fingerprint density at radius 2 is 2.07 bits per heavy atom. The number of rotatable bonds is 3. The molecule has 84 valence electrons. The summed E-state index contributed by atoms with van der Waals surface area (Å²) in [6.07, 6.45) is 5.83. The predicted octanol–water partition coefficient (Wildman–Crippen LogP) is 2.70. The molecule has 0 aliphatic carbocycles. The Morgan fingerprint density at radius 1 is 1.40 bits per heavy atom. The highest BCUT2D eigenvalue weighted by atomic mass is 14.7. The van der Waals surface area contributed by atoms with E-state index in [1.807, 2.05) is 12.4 Å². The molecular formula is C13H22N2. The number of pyridine rings is 1. The lowest BCUT2D eigenvalue weighted by Crippen LogP contribution is -2.35. The normalized spacial score (nSPS) is 13.9. The summed E-state index contributed by atoms with van der Waals surface area (Å²) in [6, 6.07) is 2.30. The van der Waals surface area contributed by atoms with Crippen LogP contribution in [0.15, 0.2) is 18.5 Å². The number of aromatic nitrogens is 1. The summed E-state index contributed by atoms with van der Waals surface area (Å²) in [7, 11) is 0. The maximum absolute atomic E-state index is 6.13. The van der Waals surface area contributed by atoms with Crippen LogP contribution < -0.4 is 5.73 Å². The summed E-state index contributed by atoms with van der Waals surface area (Å²) in [6.45, 7) is 8.69. The van der Waals surface area contributed by atoms with Crippen LogP contribution in [0.5, 0.6) is 0 Å². The van der Waals surface area contributed by atoms with Gasteiger partial charge >= 0.3 is 0 Å². The Balaban J connectivity index is 2.55. The minimum absolute atomic E-state index is 0.191. The minimum atomic E-state index is 0.191. The van der Waals surface area contributed by atoms with Gasteiger partial charge in [0.1, 0.15) is 0 Å². The Kier molecular flexibility index (Phi) is 3.86. The van der Waals surface area contributed by atoms with Gasteiger partial charge in [-0.2, -0.15) is 0 Å². The second-order valence-corrected chi connectivity index (χ2v) is 5.31. The zero-order valence-corrected chi connectivity index (χ0v) is 10.2. The Morgan fingerprint density at radius 3 is 2.60 bits per heavy atom. The molecule has 1 heterocycles. The summed E-state index contributed by atoms with van der Waals surface area (Å²) >= 11 is 0. The number of hydrogen-bond donors (Lipinski definition) is 1. The molecule has 0 amide bonds. The van der Waals surface area contributed by atoms with Gasteiger partial charge in [-0.05, 0) is 42.4 Å². The molecule has 0 bridgehead atoms. The van der Waals surface area contributed by atoms with Gasteiger partial charge in [-0.3, -0.25) is 4.98 Å². The molecule has 1 unspecified atom stereocenters. The topological polar surface area (TPSA) is 38.9 Å². The van der Waals surface area contributed by atoms with Crippen molar-refractivity contribution in [1.82, 2.24) is 4.98 Å². The van der Waals surface area contributed by atoms with E-state index in [0.717, 1.165) is 12.8 Å². The summed E-state index contributed by atoms with van der Waals surface area (Å²) in [5.74, 6) is 0. The third-order valence-corrected chi connectivity index (χ3v) is 2.98. The molecule has 15 heavy (non-hydrogen) atoms. The van der Waals surface area contributed by atoms with Crippen molar-refractivity contribution >= 4 is 0 Å². The van der Waals surface area contributed by atoms with Crippen molar-refractivity contribution in [2.45, 2.75) is 46.6 Å². The van der Waals surface area contributed by atoms with E-state index in [-0.39, 0.29) is 11.5 Å². The minimum Gasteiger partial charge on any atom is -0.327 e. The van der Waals surface area contributed by atoms with E-state index in [0.29, 0.717) is 0 Å². The van der Waals surface area contributed by atoms with Crippen LogP contribution in [0.2, 0.25) is 0 Å². The van der Waals surface area contributed by atoms with Gasteiger partial charge < -0.3 is 5.73 Å². The largest absolute Gasteiger partial charge is 0.327 e. The van der Waals surface area contributed by atoms with E-state index >= 15 is 0 Å². The second-order valence-electron chi connectivity index (χ2n) is 5.31. The maximum atomic E-state index is 6.13. The Bertz CT molecular complexity index is 313. The molecular weight excluding hydrogens is 184 g/mol. The molecule has 1 aromatic heterocycles. The summed E-state index contributed by atoms with van der Waals surface area (Å²) < 4.78 is 0. The molecule has 0 aromatic carbocycles. The van der Waals surface area contributed by atoms with Gasteiger partial charge in [0.2, 0.25) is 0 Å². The van der Waals surface area contributed by atoms with E-state index in [1.165, 1.54) is 11.1 Å². The van der Waals surface area contributed by atoms with Crippen molar-refractivity contribution < 1.29 is 0 Å². The fourth-order valence-electron chi connectivity index (χ4n) is 1.50. The predicted molar refractivity (Wildman–Crippen MR) is 64.7 cm³/mol. The van der Waals surface area contributed by atoms with Crippen LogP contribution in [-0.2, 0) is 6.42 Å². The quantitative estimate of drug-likeness (QED) is 0.826. The highest BCUT2D eigenvalue weighted by Crippen LogP contribution is 2.21. The summed E-state index contributed by atoms with van der Waals surface area (Å²) in [5, 5.41) is 0. The SMILES string of the molecule is Cc1ccncc1CCC(N)C(C)(C)C. The van der Waals surface area contributed by atoms with E-state index in [4.69, 9.17) is 5.73 Å². The van der Waals surface area contributed by atoms with E-state index in [9.17, 15) is 0 Å². The van der Waals surface area contributed by atoms with E-state index < -0.39 is 0 Å². The van der Waals surface area contributed by atoms with Gasteiger partial charge in [-0.15, -0.1) is 0 Å². The van der Waals surface area contributed by atoms with Crippen LogP contribution in [0.3, 0.4) is 0 Å². The lowest BCUT2D eigenvalue weighted by Gasteiger charge is -2.27. The van der Waals surface area contributed by atoms with Gasteiger partial charge in [0.25, 0.3) is 0 Å². The zero-order valence-electron chi connectivity index (χ0n) is 10.2. The number of nitrogens with zero attached hydrogens (tertiary/aromatic N) is 1. The van der Waals surface area contributed by atoms with Crippen LogP contribution in [0, 0.1) is 12.3 Å². The molecule has 2 N–H and O–H groups in total. The maximum Gasteiger partial charge on any atom is 0.0302 e. The van der Waals surface area contributed by atoms with Crippen LogP contribution >= 0.6 is 0 Å². The van der Waals surface area contributed by atoms with Crippen molar-refractivity contribution in [1.29, 1.82) is 0 Å². The van der Waals surface area contributed by atoms with Crippen LogP contribution in [0.1, 0.15) is 38.3 Å². The van der Waals surface area contributed by atoms with Gasteiger partial charge in [0.05, 0.1) is 0 Å². The molecule has 2 nitrogen and oxygen atoms in total. The first-order valence-corrected chi connectivity index (χ1v) is 5.56. The molecule has 0 radical (unpaired) electrons. The molecule has 0 saturated carbocycles.